The van der Waals surface area contributed by atoms with Crippen LogP contribution in [0.2, 0.25) is 0 Å². The number of carbonyl (C=O) groups excluding carboxylic acids is 2. The number of amides is 2. The second-order valence-electron chi connectivity index (χ2n) is 7.50. The summed E-state index contributed by atoms with van der Waals surface area (Å²) in [6.07, 6.45) is 6.80. The highest BCUT2D eigenvalue weighted by molar-refractivity contribution is 5.94. The number of ether oxygens (including phenoxy) is 1. The van der Waals surface area contributed by atoms with E-state index in [0.29, 0.717) is 36.4 Å². The van der Waals surface area contributed by atoms with Gasteiger partial charge in [0.15, 0.2) is 0 Å². The molecule has 0 aliphatic heterocycles. The Hall–Kier alpha value is -3.28. The van der Waals surface area contributed by atoms with Crippen LogP contribution in [0.4, 0.5) is 0 Å². The van der Waals surface area contributed by atoms with Crippen molar-refractivity contribution in [3.05, 3.63) is 83.4 Å². The number of carbonyl (C=O) groups is 2. The molecule has 1 heterocycles. The number of nitrogens with one attached hydrogen (secondary N) is 1. The van der Waals surface area contributed by atoms with E-state index in [1.165, 1.54) is 0 Å². The average Bonchev–Trinajstić information content (AvgIpc) is 3.21. The largest absolute Gasteiger partial charge is 0.496 e. The number of hydrogen-bond donors (Lipinski definition) is 1. The van der Waals surface area contributed by atoms with Gasteiger partial charge in [0.1, 0.15) is 11.5 Å². The Morgan fingerprint density at radius 2 is 1.90 bits per heavy atom. The summed E-state index contributed by atoms with van der Waals surface area (Å²) >= 11 is 0. The molecule has 31 heavy (non-hydrogen) atoms. The van der Waals surface area contributed by atoms with Gasteiger partial charge in [0.25, 0.3) is 11.8 Å². The van der Waals surface area contributed by atoms with Crippen molar-refractivity contribution < 1.29 is 14.3 Å². The first kappa shape index (κ1) is 24.0. The van der Waals surface area contributed by atoms with Crippen LogP contribution in [0.15, 0.2) is 72.1 Å². The van der Waals surface area contributed by atoms with Crippen LogP contribution in [0, 0.1) is 0 Å². The van der Waals surface area contributed by atoms with Crippen molar-refractivity contribution in [3.63, 3.8) is 0 Å². The van der Waals surface area contributed by atoms with E-state index in [4.69, 9.17) is 4.74 Å². The fourth-order valence-corrected chi connectivity index (χ4v) is 3.49. The molecule has 0 aliphatic rings. The number of benzene rings is 1. The summed E-state index contributed by atoms with van der Waals surface area (Å²) in [6, 6.07) is 13.6. The molecular formula is C25H33N3O3. The van der Waals surface area contributed by atoms with Gasteiger partial charge in [-0.3, -0.25) is 9.59 Å². The van der Waals surface area contributed by atoms with E-state index in [0.717, 1.165) is 5.56 Å². The summed E-state index contributed by atoms with van der Waals surface area (Å²) in [6.45, 7) is 4.12. The average molecular weight is 424 g/mol. The zero-order chi connectivity index (χ0) is 22.8. The molecule has 0 fully saturated rings. The molecule has 2 rings (SSSR count). The zero-order valence-electron chi connectivity index (χ0n) is 19.1. The summed E-state index contributed by atoms with van der Waals surface area (Å²) in [5, 5.41) is 2.97. The van der Waals surface area contributed by atoms with Gasteiger partial charge in [0.2, 0.25) is 0 Å². The fraction of sp³-hybridized carbons (Fsp3) is 0.360. The third-order valence-electron chi connectivity index (χ3n) is 5.35. The second-order valence-corrected chi connectivity index (χ2v) is 7.50. The van der Waals surface area contributed by atoms with Gasteiger partial charge in [-0.15, -0.1) is 0 Å². The van der Waals surface area contributed by atoms with Gasteiger partial charge >= 0.3 is 0 Å². The van der Waals surface area contributed by atoms with E-state index >= 15 is 0 Å². The normalized spacial score (nSPS) is 12.9. The summed E-state index contributed by atoms with van der Waals surface area (Å²) in [5.41, 5.74) is 2.30. The Labute approximate surface area is 185 Å². The number of nitrogens with zero attached hydrogens (tertiary/aromatic N) is 2. The zero-order valence-corrected chi connectivity index (χ0v) is 19.1. The minimum Gasteiger partial charge on any atom is -0.496 e. The molecule has 1 aromatic carbocycles. The van der Waals surface area contributed by atoms with Gasteiger partial charge in [0.05, 0.1) is 12.7 Å². The Kier molecular flexibility index (Phi) is 9.13. The van der Waals surface area contributed by atoms with Gasteiger partial charge in [-0.25, -0.2) is 0 Å². The maximum atomic E-state index is 13.1. The number of allylic oxidation sites excluding steroid dienone is 2. The molecule has 0 saturated carbocycles. The van der Waals surface area contributed by atoms with Crippen molar-refractivity contribution in [1.29, 1.82) is 0 Å². The molecule has 1 N–H and O–H groups in total. The van der Waals surface area contributed by atoms with Crippen molar-refractivity contribution in [2.45, 2.75) is 32.7 Å². The highest BCUT2D eigenvalue weighted by Crippen LogP contribution is 2.16. The third-order valence-corrected chi connectivity index (χ3v) is 5.35. The maximum absolute atomic E-state index is 13.1. The summed E-state index contributed by atoms with van der Waals surface area (Å²) in [7, 11) is 5.21. The summed E-state index contributed by atoms with van der Waals surface area (Å²) < 4.78 is 7.16. The fourth-order valence-electron chi connectivity index (χ4n) is 3.49. The molecule has 0 spiro atoms. The number of rotatable bonds is 10. The van der Waals surface area contributed by atoms with Gasteiger partial charge in [-0.05, 0) is 50.5 Å². The highest BCUT2D eigenvalue weighted by Gasteiger charge is 2.23. The van der Waals surface area contributed by atoms with Crippen LogP contribution in [0.25, 0.3) is 0 Å². The van der Waals surface area contributed by atoms with Crippen LogP contribution in [-0.2, 0) is 23.0 Å². The van der Waals surface area contributed by atoms with Crippen LogP contribution in [-0.4, -0.2) is 48.0 Å². The number of aromatic nitrogens is 1. The van der Waals surface area contributed by atoms with Crippen LogP contribution in [0.1, 0.15) is 36.3 Å². The van der Waals surface area contributed by atoms with Gasteiger partial charge < -0.3 is 19.5 Å². The Balaban J connectivity index is 2.14. The Morgan fingerprint density at radius 1 is 1.19 bits per heavy atom. The van der Waals surface area contributed by atoms with Crippen LogP contribution < -0.4 is 5.32 Å². The van der Waals surface area contributed by atoms with E-state index in [2.05, 4.69) is 17.4 Å². The molecule has 0 radical (unpaired) electrons. The van der Waals surface area contributed by atoms with Crippen LogP contribution in [0.3, 0.4) is 0 Å². The lowest BCUT2D eigenvalue weighted by Crippen LogP contribution is -2.41. The molecule has 1 atom stereocenters. The summed E-state index contributed by atoms with van der Waals surface area (Å²) in [5.74, 6) is 0.338. The van der Waals surface area contributed by atoms with E-state index in [9.17, 15) is 9.59 Å². The molecule has 166 valence electrons. The minimum absolute atomic E-state index is 0.0812. The van der Waals surface area contributed by atoms with Crippen LogP contribution >= 0.6 is 0 Å². The molecule has 0 bridgehead atoms. The summed E-state index contributed by atoms with van der Waals surface area (Å²) in [4.78, 5) is 27.3. The topological polar surface area (TPSA) is 63.6 Å². The number of methoxy groups -OCH3 is 1. The van der Waals surface area contributed by atoms with Crippen molar-refractivity contribution in [1.82, 2.24) is 14.8 Å². The van der Waals surface area contributed by atoms with Crippen molar-refractivity contribution in [3.8, 4) is 0 Å². The lowest BCUT2D eigenvalue weighted by molar-refractivity contribution is -0.128. The maximum Gasteiger partial charge on any atom is 0.267 e. The third kappa shape index (κ3) is 6.60. The van der Waals surface area contributed by atoms with Crippen molar-refractivity contribution >= 4 is 11.8 Å². The van der Waals surface area contributed by atoms with E-state index in [1.807, 2.05) is 50.5 Å². The molecule has 0 saturated heterocycles. The quantitative estimate of drug-likeness (QED) is 0.360. The van der Waals surface area contributed by atoms with Crippen molar-refractivity contribution in [2.24, 2.45) is 7.05 Å². The van der Waals surface area contributed by atoms with Crippen molar-refractivity contribution in [2.75, 3.05) is 20.7 Å². The Morgan fingerprint density at radius 3 is 2.48 bits per heavy atom. The molecule has 2 amide bonds. The molecule has 2 aromatic rings. The molecule has 0 aliphatic carbocycles. The highest BCUT2D eigenvalue weighted by atomic mass is 16.5. The molecule has 1 unspecified atom stereocenters. The Bertz CT molecular complexity index is 928. The molecule has 1 aromatic heterocycles. The lowest BCUT2D eigenvalue weighted by atomic mass is 10.0. The van der Waals surface area contributed by atoms with E-state index < -0.39 is 0 Å². The predicted octanol–water partition coefficient (Wildman–Crippen LogP) is 3.71. The van der Waals surface area contributed by atoms with E-state index in [1.54, 1.807) is 42.7 Å². The van der Waals surface area contributed by atoms with Gasteiger partial charge in [-0.1, -0.05) is 36.4 Å². The first-order chi connectivity index (χ1) is 14.9. The lowest BCUT2D eigenvalue weighted by Gasteiger charge is -2.29. The predicted molar refractivity (Wildman–Crippen MR) is 124 cm³/mol. The van der Waals surface area contributed by atoms with Gasteiger partial charge in [0, 0.05) is 32.9 Å². The molecular weight excluding hydrogens is 390 g/mol. The van der Waals surface area contributed by atoms with E-state index in [-0.39, 0.29) is 17.9 Å². The standard InChI is InChI=1S/C25H33N3O3/c1-6-11-23(31-5)19(2)25(30)28(4)21(18-20-12-8-7-9-13-20)15-16-26-24(29)22-14-10-17-27(22)3/h6-14,17,21H,15-16,18H2,1-5H3,(H,26,29). The number of aryl methyl sites for hydroxylation is 1. The SMILES string of the molecule is CC=CC(OC)=C(C)C(=O)N(C)C(CCNC(=O)c1cccn1C)Cc1ccccc1. The monoisotopic (exact) mass is 423 g/mol. The van der Waals surface area contributed by atoms with Crippen LogP contribution in [0.5, 0.6) is 0 Å². The smallest absolute Gasteiger partial charge is 0.267 e. The molecule has 6 nitrogen and oxygen atoms in total. The first-order valence-corrected chi connectivity index (χ1v) is 10.5. The first-order valence-electron chi connectivity index (χ1n) is 10.5. The second kappa shape index (κ2) is 11.8. The van der Waals surface area contributed by atoms with Gasteiger partial charge in [-0.2, -0.15) is 0 Å². The number of hydrogen-bond acceptors (Lipinski definition) is 3. The minimum atomic E-state index is -0.120. The molecule has 6 heteroatoms. The number of likely N-dealkylation sites (N-methyl/N-ethyl adjacent to an activating group) is 1.